The van der Waals surface area contributed by atoms with Crippen LogP contribution in [0.5, 0.6) is 5.75 Å². The normalized spacial score (nSPS) is 16.0. The number of nitrogens with zero attached hydrogens (tertiary/aromatic N) is 2. The number of ether oxygens (including phenoxy) is 1. The molecule has 0 spiro atoms. The van der Waals surface area contributed by atoms with Gasteiger partial charge >= 0.3 is 0 Å². The molecule has 34 heavy (non-hydrogen) atoms. The summed E-state index contributed by atoms with van der Waals surface area (Å²) in [6.45, 7) is 3.32. The van der Waals surface area contributed by atoms with Crippen LogP contribution in [0.1, 0.15) is 43.1 Å². The Balaban J connectivity index is 2.02. The van der Waals surface area contributed by atoms with Gasteiger partial charge in [-0.15, -0.1) is 0 Å². The molecule has 1 unspecified atom stereocenters. The van der Waals surface area contributed by atoms with Crippen molar-refractivity contribution in [3.8, 4) is 11.8 Å². The standard InChI is InChI=1S/C22H24N2O8S2/c1-22(2)13-18(17-11-15(14-23)5-6-20(17)31-22)24-9-7-16(12-21(24)25)19(32-34(4,28)29)8-10-30-33(3,26)27/h5-7,9,11-13,19H,8,10H2,1-4H3. The molecule has 0 saturated carbocycles. The molecule has 2 heterocycles. The maximum absolute atomic E-state index is 13.1. The van der Waals surface area contributed by atoms with Gasteiger partial charge in [0.1, 0.15) is 17.5 Å². The molecule has 0 amide bonds. The second kappa shape index (κ2) is 9.34. The van der Waals surface area contributed by atoms with Crippen molar-refractivity contribution in [2.24, 2.45) is 0 Å². The van der Waals surface area contributed by atoms with Crippen molar-refractivity contribution in [2.75, 3.05) is 19.1 Å². The maximum Gasteiger partial charge on any atom is 0.264 e. The van der Waals surface area contributed by atoms with Gasteiger partial charge in [0, 0.05) is 24.2 Å². The highest BCUT2D eigenvalue weighted by molar-refractivity contribution is 7.86. The third-order valence-corrected chi connectivity index (χ3v) is 5.96. The highest BCUT2D eigenvalue weighted by Crippen LogP contribution is 2.37. The van der Waals surface area contributed by atoms with Gasteiger partial charge in [-0.05, 0) is 49.8 Å². The Morgan fingerprint density at radius 1 is 1.12 bits per heavy atom. The van der Waals surface area contributed by atoms with Crippen molar-refractivity contribution in [1.29, 1.82) is 5.26 Å². The molecular weight excluding hydrogens is 484 g/mol. The molecule has 2 aromatic rings. The Morgan fingerprint density at radius 2 is 1.82 bits per heavy atom. The van der Waals surface area contributed by atoms with E-state index in [0.29, 0.717) is 22.6 Å². The molecule has 12 heteroatoms. The molecule has 0 N–H and O–H groups in total. The molecule has 0 saturated heterocycles. The molecule has 1 aliphatic rings. The summed E-state index contributed by atoms with van der Waals surface area (Å²) in [7, 11) is -7.65. The fourth-order valence-corrected chi connectivity index (χ4v) is 4.52. The van der Waals surface area contributed by atoms with Crippen LogP contribution in [-0.2, 0) is 28.6 Å². The van der Waals surface area contributed by atoms with E-state index in [4.69, 9.17) is 13.1 Å². The Hall–Kier alpha value is -2.98. The zero-order valence-corrected chi connectivity index (χ0v) is 20.6. The van der Waals surface area contributed by atoms with Gasteiger partial charge < -0.3 is 4.74 Å². The first kappa shape index (κ1) is 25.6. The van der Waals surface area contributed by atoms with Gasteiger partial charge in [0.2, 0.25) is 0 Å². The van der Waals surface area contributed by atoms with Gasteiger partial charge in [0.15, 0.2) is 0 Å². The maximum atomic E-state index is 13.1. The highest BCUT2D eigenvalue weighted by Gasteiger charge is 2.28. The van der Waals surface area contributed by atoms with Crippen molar-refractivity contribution < 1.29 is 29.9 Å². The summed E-state index contributed by atoms with van der Waals surface area (Å²) in [5.41, 5.74) is 0.465. The monoisotopic (exact) mass is 508 g/mol. The van der Waals surface area contributed by atoms with Crippen LogP contribution in [0.4, 0.5) is 0 Å². The number of hydrogen-bond donors (Lipinski definition) is 0. The molecular formula is C22H24N2O8S2. The first-order chi connectivity index (χ1) is 15.7. The van der Waals surface area contributed by atoms with Crippen LogP contribution in [0.2, 0.25) is 0 Å². The van der Waals surface area contributed by atoms with Gasteiger partial charge in [0.05, 0.1) is 36.4 Å². The molecule has 0 aliphatic carbocycles. The zero-order valence-electron chi connectivity index (χ0n) is 19.0. The van der Waals surface area contributed by atoms with Crippen molar-refractivity contribution in [1.82, 2.24) is 4.57 Å². The van der Waals surface area contributed by atoms with E-state index in [1.54, 1.807) is 24.3 Å². The molecule has 0 bridgehead atoms. The highest BCUT2D eigenvalue weighted by atomic mass is 32.2. The quantitative estimate of drug-likeness (QED) is 0.490. The minimum Gasteiger partial charge on any atom is -0.483 e. The van der Waals surface area contributed by atoms with Gasteiger partial charge in [-0.3, -0.25) is 17.7 Å². The van der Waals surface area contributed by atoms with Crippen LogP contribution in [0, 0.1) is 11.3 Å². The summed E-state index contributed by atoms with van der Waals surface area (Å²) in [5, 5.41) is 9.28. The number of aromatic nitrogens is 1. The molecule has 10 nitrogen and oxygen atoms in total. The SMILES string of the molecule is CC1(C)C=C(n2ccc(C(CCOS(C)(=O)=O)OS(C)(=O)=O)cc2=O)c2cc(C#N)ccc2O1. The van der Waals surface area contributed by atoms with E-state index in [2.05, 4.69) is 6.07 Å². The van der Waals surface area contributed by atoms with E-state index < -0.39 is 37.5 Å². The van der Waals surface area contributed by atoms with Crippen molar-refractivity contribution in [2.45, 2.75) is 32.0 Å². The number of rotatable bonds is 8. The summed E-state index contributed by atoms with van der Waals surface area (Å²) in [5.74, 6) is 0.508. The number of nitriles is 1. The predicted octanol–water partition coefficient (Wildman–Crippen LogP) is 2.16. The zero-order chi connectivity index (χ0) is 25.3. The summed E-state index contributed by atoms with van der Waals surface area (Å²) >= 11 is 0. The molecule has 1 aliphatic heterocycles. The fourth-order valence-electron chi connectivity index (χ4n) is 3.49. The lowest BCUT2D eigenvalue weighted by Gasteiger charge is -2.31. The molecule has 0 fully saturated rings. The van der Waals surface area contributed by atoms with Gasteiger partial charge in [-0.2, -0.15) is 22.1 Å². The van der Waals surface area contributed by atoms with Crippen LogP contribution in [-0.4, -0.2) is 46.1 Å². The van der Waals surface area contributed by atoms with Crippen LogP contribution >= 0.6 is 0 Å². The third-order valence-electron chi connectivity index (χ3n) is 4.79. The minimum atomic E-state index is -3.92. The molecule has 3 rings (SSSR count). The van der Waals surface area contributed by atoms with Gasteiger partial charge in [-0.25, -0.2) is 0 Å². The average Bonchev–Trinajstić information content (AvgIpc) is 2.69. The van der Waals surface area contributed by atoms with Crippen molar-refractivity contribution >= 4 is 25.9 Å². The number of hydrogen-bond acceptors (Lipinski definition) is 9. The summed E-state index contributed by atoms with van der Waals surface area (Å²) in [4.78, 5) is 13.1. The second-order valence-electron chi connectivity index (χ2n) is 8.33. The number of fused-ring (bicyclic) bond motifs is 1. The number of pyridine rings is 1. The van der Waals surface area contributed by atoms with E-state index >= 15 is 0 Å². The minimum absolute atomic E-state index is 0.123. The average molecular weight is 509 g/mol. The summed E-state index contributed by atoms with van der Waals surface area (Å²) < 4.78 is 63.0. The van der Waals surface area contributed by atoms with E-state index in [1.807, 2.05) is 13.8 Å². The first-order valence-corrected chi connectivity index (χ1v) is 13.7. The van der Waals surface area contributed by atoms with E-state index in [1.165, 1.54) is 22.9 Å². The Bertz CT molecular complexity index is 1450. The lowest BCUT2D eigenvalue weighted by molar-refractivity contribution is 0.157. The van der Waals surface area contributed by atoms with Crippen LogP contribution in [0.3, 0.4) is 0 Å². The van der Waals surface area contributed by atoms with Crippen molar-refractivity contribution in [3.05, 3.63) is 69.6 Å². The fraction of sp³-hybridized carbons (Fsp3) is 0.364. The van der Waals surface area contributed by atoms with Crippen LogP contribution < -0.4 is 10.3 Å². The van der Waals surface area contributed by atoms with Crippen molar-refractivity contribution in [3.63, 3.8) is 0 Å². The smallest absolute Gasteiger partial charge is 0.264 e. The summed E-state index contributed by atoms with van der Waals surface area (Å²) in [6, 6.07) is 9.69. The lowest BCUT2D eigenvalue weighted by atomic mass is 9.97. The number of benzene rings is 1. The predicted molar refractivity (Wildman–Crippen MR) is 124 cm³/mol. The molecule has 182 valence electrons. The Morgan fingerprint density at radius 3 is 2.41 bits per heavy atom. The Labute approximate surface area is 198 Å². The topological polar surface area (TPSA) is 142 Å². The van der Waals surface area contributed by atoms with Gasteiger partial charge in [0.25, 0.3) is 25.8 Å². The first-order valence-electron chi connectivity index (χ1n) is 10.1. The third kappa shape index (κ3) is 6.54. The molecule has 1 aromatic heterocycles. The molecule has 1 aromatic carbocycles. The molecule has 0 radical (unpaired) electrons. The summed E-state index contributed by atoms with van der Waals surface area (Å²) in [6.07, 6.45) is 3.70. The van der Waals surface area contributed by atoms with Gasteiger partial charge in [-0.1, -0.05) is 0 Å². The van der Waals surface area contributed by atoms with E-state index in [0.717, 1.165) is 12.5 Å². The molecule has 1 atom stereocenters. The lowest BCUT2D eigenvalue weighted by Crippen LogP contribution is -2.32. The second-order valence-corrected chi connectivity index (χ2v) is 11.6. The van der Waals surface area contributed by atoms with E-state index in [-0.39, 0.29) is 18.6 Å². The van der Waals surface area contributed by atoms with Crippen LogP contribution in [0.25, 0.3) is 5.70 Å². The Kier molecular flexibility index (Phi) is 7.05. The van der Waals surface area contributed by atoms with E-state index in [9.17, 15) is 26.9 Å². The van der Waals surface area contributed by atoms with Crippen LogP contribution in [0.15, 0.2) is 47.4 Å². The largest absolute Gasteiger partial charge is 0.483 e.